The van der Waals surface area contributed by atoms with Crippen molar-refractivity contribution in [2.24, 2.45) is 0 Å². The second-order valence-electron chi connectivity index (χ2n) is 3.81. The smallest absolute Gasteiger partial charge is 0.355 e. The molecule has 94 valence electrons. The van der Waals surface area contributed by atoms with Crippen LogP contribution in [0.3, 0.4) is 0 Å². The number of H-pyrrole nitrogens is 1. The highest BCUT2D eigenvalue weighted by Gasteiger charge is 2.22. The number of hydrogen-bond donors (Lipinski definition) is 1. The quantitative estimate of drug-likeness (QED) is 0.699. The van der Waals surface area contributed by atoms with E-state index in [1.165, 1.54) is 6.92 Å². The van der Waals surface area contributed by atoms with Gasteiger partial charge < -0.3 is 9.72 Å². The molecule has 0 fully saturated rings. The molecule has 0 atom stereocenters. The molecule has 0 unspecified atom stereocenters. The Hall–Kier alpha value is -1.62. The summed E-state index contributed by atoms with van der Waals surface area (Å²) in [5.74, 6) is -0.679. The van der Waals surface area contributed by atoms with Gasteiger partial charge in [-0.1, -0.05) is 22.0 Å². The Balaban J connectivity index is 2.74. The van der Waals surface area contributed by atoms with Gasteiger partial charge in [0.2, 0.25) is 0 Å². The van der Waals surface area contributed by atoms with Crippen molar-refractivity contribution in [1.29, 1.82) is 0 Å². The Labute approximate surface area is 112 Å². The van der Waals surface area contributed by atoms with Crippen LogP contribution >= 0.6 is 15.9 Å². The van der Waals surface area contributed by atoms with Crippen molar-refractivity contribution in [2.75, 3.05) is 6.61 Å². The molecule has 0 aliphatic heterocycles. The van der Waals surface area contributed by atoms with E-state index in [4.69, 9.17) is 4.74 Å². The lowest BCUT2D eigenvalue weighted by Crippen LogP contribution is -2.09. The minimum absolute atomic E-state index is 0.170. The number of esters is 1. The fraction of sp³-hybridized carbons (Fsp3) is 0.231. The average molecular weight is 310 g/mol. The third-order valence-electron chi connectivity index (χ3n) is 2.60. The first-order valence-corrected chi connectivity index (χ1v) is 6.33. The van der Waals surface area contributed by atoms with Gasteiger partial charge in [-0.05, 0) is 26.0 Å². The topological polar surface area (TPSA) is 59.2 Å². The molecule has 0 aliphatic rings. The van der Waals surface area contributed by atoms with Gasteiger partial charge in [0.25, 0.3) is 0 Å². The van der Waals surface area contributed by atoms with E-state index in [1.807, 2.05) is 18.2 Å². The monoisotopic (exact) mass is 309 g/mol. The number of hydrogen-bond acceptors (Lipinski definition) is 3. The molecular weight excluding hydrogens is 298 g/mol. The first kappa shape index (κ1) is 12.8. The minimum atomic E-state index is -0.509. The summed E-state index contributed by atoms with van der Waals surface area (Å²) >= 11 is 3.39. The van der Waals surface area contributed by atoms with Crippen molar-refractivity contribution in [3.63, 3.8) is 0 Å². The zero-order valence-corrected chi connectivity index (χ0v) is 11.6. The molecule has 0 saturated heterocycles. The maximum Gasteiger partial charge on any atom is 0.355 e. The van der Waals surface area contributed by atoms with Gasteiger partial charge in [-0.2, -0.15) is 0 Å². The molecule has 0 amide bonds. The average Bonchev–Trinajstić information content (AvgIpc) is 2.70. The zero-order valence-electron chi connectivity index (χ0n) is 10.0. The van der Waals surface area contributed by atoms with Crippen LogP contribution in [0.4, 0.5) is 0 Å². The fourth-order valence-corrected chi connectivity index (χ4v) is 2.48. The van der Waals surface area contributed by atoms with Crippen molar-refractivity contribution in [3.8, 4) is 0 Å². The number of nitrogens with one attached hydrogen (secondary N) is 1. The molecule has 1 aromatic carbocycles. The summed E-state index contributed by atoms with van der Waals surface area (Å²) in [6.45, 7) is 3.43. The summed E-state index contributed by atoms with van der Waals surface area (Å²) in [6.07, 6.45) is 0. The number of aromatic amines is 1. The van der Waals surface area contributed by atoms with Crippen LogP contribution in [0.5, 0.6) is 0 Å². The first-order valence-electron chi connectivity index (χ1n) is 5.54. The highest BCUT2D eigenvalue weighted by Crippen LogP contribution is 2.30. The maximum atomic E-state index is 11.8. The van der Waals surface area contributed by atoms with E-state index < -0.39 is 5.97 Å². The van der Waals surface area contributed by atoms with Gasteiger partial charge in [-0.3, -0.25) is 4.79 Å². The van der Waals surface area contributed by atoms with Crippen LogP contribution in [0.15, 0.2) is 22.7 Å². The number of rotatable bonds is 3. The van der Waals surface area contributed by atoms with Crippen molar-refractivity contribution in [3.05, 3.63) is 33.9 Å². The zero-order chi connectivity index (χ0) is 13.3. The number of ether oxygens (including phenoxy) is 1. The molecule has 1 heterocycles. The third kappa shape index (κ3) is 2.06. The standard InChI is InChI=1S/C13H12BrNO3/c1-3-18-13(17)12-10(7(2)16)11-8(14)5-4-6-9(11)15-12/h4-6,15H,3H2,1-2H3. The molecule has 0 aliphatic carbocycles. The number of benzene rings is 1. The molecule has 1 aromatic heterocycles. The molecule has 0 bridgehead atoms. The van der Waals surface area contributed by atoms with Crippen LogP contribution < -0.4 is 0 Å². The molecule has 18 heavy (non-hydrogen) atoms. The second kappa shape index (κ2) is 4.94. The summed E-state index contributed by atoms with van der Waals surface area (Å²) in [6, 6.07) is 5.48. The molecular formula is C13H12BrNO3. The maximum absolute atomic E-state index is 11.8. The summed E-state index contributed by atoms with van der Waals surface area (Å²) in [4.78, 5) is 26.5. The molecule has 0 saturated carbocycles. The second-order valence-corrected chi connectivity index (χ2v) is 4.67. The molecule has 1 N–H and O–H groups in total. The van der Waals surface area contributed by atoms with Crippen molar-refractivity contribution in [1.82, 2.24) is 4.98 Å². The number of carbonyl (C=O) groups excluding carboxylic acids is 2. The highest BCUT2D eigenvalue weighted by atomic mass is 79.9. The van der Waals surface area contributed by atoms with Crippen LogP contribution in [0.25, 0.3) is 10.9 Å². The Morgan fingerprint density at radius 1 is 1.39 bits per heavy atom. The van der Waals surface area contributed by atoms with Crippen molar-refractivity contribution >= 4 is 38.6 Å². The van der Waals surface area contributed by atoms with Gasteiger partial charge in [0.15, 0.2) is 5.78 Å². The summed E-state index contributed by atoms with van der Waals surface area (Å²) in [5, 5.41) is 0.716. The molecule has 0 radical (unpaired) electrons. The Morgan fingerprint density at radius 2 is 2.11 bits per heavy atom. The number of ketones is 1. The van der Waals surface area contributed by atoms with Crippen LogP contribution in [0.1, 0.15) is 34.7 Å². The van der Waals surface area contributed by atoms with E-state index in [0.717, 1.165) is 9.99 Å². The number of aromatic nitrogens is 1. The predicted molar refractivity (Wildman–Crippen MR) is 72.0 cm³/mol. The third-order valence-corrected chi connectivity index (χ3v) is 3.27. The largest absolute Gasteiger partial charge is 0.461 e. The van der Waals surface area contributed by atoms with E-state index >= 15 is 0 Å². The SMILES string of the molecule is CCOC(=O)c1[nH]c2cccc(Br)c2c1C(C)=O. The van der Waals surface area contributed by atoms with E-state index in [9.17, 15) is 9.59 Å². The number of carbonyl (C=O) groups is 2. The Kier molecular flexibility index (Phi) is 3.52. The van der Waals surface area contributed by atoms with Crippen molar-refractivity contribution in [2.45, 2.75) is 13.8 Å². The molecule has 4 nitrogen and oxygen atoms in total. The number of fused-ring (bicyclic) bond motifs is 1. The van der Waals surface area contributed by atoms with E-state index in [2.05, 4.69) is 20.9 Å². The molecule has 5 heteroatoms. The molecule has 2 aromatic rings. The van der Waals surface area contributed by atoms with Gasteiger partial charge in [0, 0.05) is 15.4 Å². The number of halogens is 1. The van der Waals surface area contributed by atoms with Crippen LogP contribution in [0.2, 0.25) is 0 Å². The summed E-state index contributed by atoms with van der Waals surface area (Å²) in [5.41, 5.74) is 1.32. The highest BCUT2D eigenvalue weighted by molar-refractivity contribution is 9.10. The lowest BCUT2D eigenvalue weighted by Gasteiger charge is -2.01. The van der Waals surface area contributed by atoms with Gasteiger partial charge in [0.1, 0.15) is 5.69 Å². The predicted octanol–water partition coefficient (Wildman–Crippen LogP) is 3.31. The van der Waals surface area contributed by atoms with Gasteiger partial charge in [-0.15, -0.1) is 0 Å². The van der Waals surface area contributed by atoms with Crippen LogP contribution in [0, 0.1) is 0 Å². The van der Waals surface area contributed by atoms with Gasteiger partial charge in [0.05, 0.1) is 12.2 Å². The fourth-order valence-electron chi connectivity index (χ4n) is 1.91. The lowest BCUT2D eigenvalue weighted by molar-refractivity contribution is 0.0517. The normalized spacial score (nSPS) is 10.6. The van der Waals surface area contributed by atoms with Crippen molar-refractivity contribution < 1.29 is 14.3 Å². The van der Waals surface area contributed by atoms with E-state index in [0.29, 0.717) is 10.9 Å². The first-order chi connectivity index (χ1) is 8.56. The molecule has 2 rings (SSSR count). The summed E-state index contributed by atoms with van der Waals surface area (Å²) in [7, 11) is 0. The lowest BCUT2D eigenvalue weighted by atomic mass is 10.1. The van der Waals surface area contributed by atoms with E-state index in [-0.39, 0.29) is 18.1 Å². The van der Waals surface area contributed by atoms with Gasteiger partial charge >= 0.3 is 5.97 Å². The Morgan fingerprint density at radius 3 is 2.72 bits per heavy atom. The van der Waals surface area contributed by atoms with Crippen LogP contribution in [-0.4, -0.2) is 23.3 Å². The Bertz CT molecular complexity index is 630. The molecule has 0 spiro atoms. The minimum Gasteiger partial charge on any atom is -0.461 e. The number of Topliss-reactive ketones (excluding diaryl/α,β-unsaturated/α-hetero) is 1. The summed E-state index contributed by atoms with van der Waals surface area (Å²) < 4.78 is 5.73. The van der Waals surface area contributed by atoms with Crippen LogP contribution in [-0.2, 0) is 4.74 Å². The van der Waals surface area contributed by atoms with E-state index in [1.54, 1.807) is 6.92 Å². The van der Waals surface area contributed by atoms with Gasteiger partial charge in [-0.25, -0.2) is 4.79 Å².